The minimum absolute atomic E-state index is 0.374. The number of nitrogens with zero attached hydrogens (tertiary/aromatic N) is 1. The van der Waals surface area contributed by atoms with Gasteiger partial charge in [0.1, 0.15) is 0 Å². The number of nitrogens with one attached hydrogen (secondary N) is 1. The van der Waals surface area contributed by atoms with Gasteiger partial charge in [0.05, 0.1) is 6.61 Å². The van der Waals surface area contributed by atoms with Crippen LogP contribution in [0.4, 0.5) is 0 Å². The molecule has 0 spiro atoms. The lowest BCUT2D eigenvalue weighted by molar-refractivity contribution is 0.116. The molecule has 2 aliphatic rings. The molecular weight excluding hydrogens is 224 g/mol. The first kappa shape index (κ1) is 14.3. The van der Waals surface area contributed by atoms with E-state index in [0.717, 1.165) is 38.1 Å². The predicted octanol–water partition coefficient (Wildman–Crippen LogP) is 1.98. The molecule has 2 saturated heterocycles. The largest absolute Gasteiger partial charge is 0.381 e. The lowest BCUT2D eigenvalue weighted by Crippen LogP contribution is -2.44. The van der Waals surface area contributed by atoms with Crippen LogP contribution in [0.25, 0.3) is 0 Å². The molecule has 18 heavy (non-hydrogen) atoms. The Morgan fingerprint density at radius 3 is 2.83 bits per heavy atom. The molecule has 1 N–H and O–H groups in total. The molecule has 0 aromatic heterocycles. The van der Waals surface area contributed by atoms with E-state index in [-0.39, 0.29) is 0 Å². The fraction of sp³-hybridized carbons (Fsp3) is 1.00. The summed E-state index contributed by atoms with van der Waals surface area (Å²) < 4.78 is 5.69. The van der Waals surface area contributed by atoms with Gasteiger partial charge in [0, 0.05) is 31.7 Å². The predicted molar refractivity (Wildman–Crippen MR) is 75.8 cm³/mol. The molecule has 0 radical (unpaired) electrons. The van der Waals surface area contributed by atoms with Crippen LogP contribution in [0.3, 0.4) is 0 Å². The number of likely N-dealkylation sites (tertiary alicyclic amines) is 1. The second kappa shape index (κ2) is 6.36. The number of hydrogen-bond donors (Lipinski definition) is 1. The highest BCUT2D eigenvalue weighted by atomic mass is 16.5. The van der Waals surface area contributed by atoms with Crippen molar-refractivity contribution in [3.63, 3.8) is 0 Å². The van der Waals surface area contributed by atoms with Crippen molar-refractivity contribution in [2.45, 2.75) is 33.6 Å². The molecule has 106 valence electrons. The molecule has 2 atom stereocenters. The molecule has 0 bridgehead atoms. The van der Waals surface area contributed by atoms with Gasteiger partial charge < -0.3 is 15.0 Å². The van der Waals surface area contributed by atoms with E-state index in [2.05, 4.69) is 31.0 Å². The molecule has 2 fully saturated rings. The van der Waals surface area contributed by atoms with Gasteiger partial charge in [-0.2, -0.15) is 0 Å². The van der Waals surface area contributed by atoms with Gasteiger partial charge in [0.15, 0.2) is 0 Å². The molecule has 2 aliphatic heterocycles. The number of rotatable bonds is 6. The van der Waals surface area contributed by atoms with Crippen LogP contribution in [0, 0.1) is 17.3 Å². The van der Waals surface area contributed by atoms with E-state index in [1.54, 1.807) is 0 Å². The van der Waals surface area contributed by atoms with E-state index < -0.39 is 0 Å². The Morgan fingerprint density at radius 1 is 1.44 bits per heavy atom. The Labute approximate surface area is 112 Å². The van der Waals surface area contributed by atoms with Crippen LogP contribution in [0.5, 0.6) is 0 Å². The Kier molecular flexibility index (Phi) is 5.05. The van der Waals surface area contributed by atoms with Crippen molar-refractivity contribution >= 4 is 0 Å². The first-order valence-electron chi connectivity index (χ1n) is 7.60. The summed E-state index contributed by atoms with van der Waals surface area (Å²) in [5.41, 5.74) is 0.374. The molecule has 2 rings (SSSR count). The van der Waals surface area contributed by atoms with Crippen LogP contribution in [0.1, 0.15) is 33.6 Å². The summed E-state index contributed by atoms with van der Waals surface area (Å²) in [5.74, 6) is 1.61. The molecule has 3 nitrogen and oxygen atoms in total. The quantitative estimate of drug-likeness (QED) is 0.784. The zero-order chi connectivity index (χ0) is 13.0. The van der Waals surface area contributed by atoms with E-state index >= 15 is 0 Å². The van der Waals surface area contributed by atoms with Crippen LogP contribution in [-0.4, -0.2) is 50.8 Å². The lowest BCUT2D eigenvalue weighted by atomic mass is 9.86. The van der Waals surface area contributed by atoms with Crippen LogP contribution < -0.4 is 5.32 Å². The summed E-state index contributed by atoms with van der Waals surface area (Å²) in [4.78, 5) is 2.65. The van der Waals surface area contributed by atoms with E-state index in [4.69, 9.17) is 4.74 Å². The SMILES string of the molecule is CC(C)CNCC1(CN2CCC(C)C2)CCOC1. The monoisotopic (exact) mass is 254 g/mol. The van der Waals surface area contributed by atoms with Crippen molar-refractivity contribution < 1.29 is 4.74 Å². The Bertz CT molecular complexity index is 249. The van der Waals surface area contributed by atoms with Gasteiger partial charge >= 0.3 is 0 Å². The normalized spacial score (nSPS) is 33.7. The topological polar surface area (TPSA) is 24.5 Å². The first-order chi connectivity index (χ1) is 8.60. The van der Waals surface area contributed by atoms with Gasteiger partial charge in [-0.15, -0.1) is 0 Å². The third-order valence-electron chi connectivity index (χ3n) is 4.30. The number of hydrogen-bond acceptors (Lipinski definition) is 3. The fourth-order valence-electron chi connectivity index (χ4n) is 3.24. The average Bonchev–Trinajstić information content (AvgIpc) is 2.89. The molecule has 0 aliphatic carbocycles. The molecular formula is C15H30N2O. The van der Waals surface area contributed by atoms with Crippen molar-refractivity contribution in [3.8, 4) is 0 Å². The standard InChI is InChI=1S/C15H30N2O/c1-13(2)8-16-10-15(5-7-18-12-15)11-17-6-4-14(3)9-17/h13-14,16H,4-12H2,1-3H3. The first-order valence-corrected chi connectivity index (χ1v) is 7.60. The van der Waals surface area contributed by atoms with Gasteiger partial charge in [-0.05, 0) is 37.8 Å². The van der Waals surface area contributed by atoms with Crippen LogP contribution >= 0.6 is 0 Å². The Morgan fingerprint density at radius 2 is 2.28 bits per heavy atom. The van der Waals surface area contributed by atoms with Crippen molar-refractivity contribution in [3.05, 3.63) is 0 Å². The third kappa shape index (κ3) is 3.94. The van der Waals surface area contributed by atoms with E-state index in [1.165, 1.54) is 32.5 Å². The van der Waals surface area contributed by atoms with Crippen LogP contribution in [0.15, 0.2) is 0 Å². The maximum absolute atomic E-state index is 5.69. The summed E-state index contributed by atoms with van der Waals surface area (Å²) in [5, 5.41) is 3.65. The molecule has 0 aromatic carbocycles. The molecule has 2 heterocycles. The van der Waals surface area contributed by atoms with Crippen LogP contribution in [0.2, 0.25) is 0 Å². The maximum Gasteiger partial charge on any atom is 0.0547 e. The van der Waals surface area contributed by atoms with E-state index in [9.17, 15) is 0 Å². The molecule has 2 unspecified atom stereocenters. The summed E-state index contributed by atoms with van der Waals surface area (Å²) in [6.45, 7) is 14.8. The Hall–Kier alpha value is -0.120. The molecule has 0 aromatic rings. The van der Waals surface area contributed by atoms with Crippen LogP contribution in [-0.2, 0) is 4.74 Å². The summed E-state index contributed by atoms with van der Waals surface area (Å²) in [6.07, 6.45) is 2.60. The highest BCUT2D eigenvalue weighted by Crippen LogP contribution is 2.31. The lowest BCUT2D eigenvalue weighted by Gasteiger charge is -2.33. The fourth-order valence-corrected chi connectivity index (χ4v) is 3.24. The van der Waals surface area contributed by atoms with Crippen molar-refractivity contribution in [1.82, 2.24) is 10.2 Å². The highest BCUT2D eigenvalue weighted by Gasteiger charge is 2.37. The van der Waals surface area contributed by atoms with E-state index in [1.807, 2.05) is 0 Å². The van der Waals surface area contributed by atoms with E-state index in [0.29, 0.717) is 5.41 Å². The van der Waals surface area contributed by atoms with Crippen molar-refractivity contribution in [2.24, 2.45) is 17.3 Å². The van der Waals surface area contributed by atoms with Crippen molar-refractivity contribution in [1.29, 1.82) is 0 Å². The minimum Gasteiger partial charge on any atom is -0.381 e. The molecule has 3 heteroatoms. The molecule has 0 saturated carbocycles. The zero-order valence-electron chi connectivity index (χ0n) is 12.4. The van der Waals surface area contributed by atoms with Gasteiger partial charge in [0.2, 0.25) is 0 Å². The third-order valence-corrected chi connectivity index (χ3v) is 4.30. The maximum atomic E-state index is 5.69. The Balaban J connectivity index is 1.82. The highest BCUT2D eigenvalue weighted by molar-refractivity contribution is 4.90. The second-order valence-electron chi connectivity index (χ2n) is 6.96. The second-order valence-corrected chi connectivity index (χ2v) is 6.96. The number of ether oxygens (including phenoxy) is 1. The van der Waals surface area contributed by atoms with Gasteiger partial charge in [0.25, 0.3) is 0 Å². The summed E-state index contributed by atoms with van der Waals surface area (Å²) >= 11 is 0. The van der Waals surface area contributed by atoms with Gasteiger partial charge in [-0.1, -0.05) is 20.8 Å². The van der Waals surface area contributed by atoms with Gasteiger partial charge in [-0.25, -0.2) is 0 Å². The summed E-state index contributed by atoms with van der Waals surface area (Å²) in [7, 11) is 0. The van der Waals surface area contributed by atoms with Gasteiger partial charge in [-0.3, -0.25) is 0 Å². The summed E-state index contributed by atoms with van der Waals surface area (Å²) in [6, 6.07) is 0. The average molecular weight is 254 g/mol. The zero-order valence-corrected chi connectivity index (χ0v) is 12.4. The minimum atomic E-state index is 0.374. The molecule has 0 amide bonds. The smallest absolute Gasteiger partial charge is 0.0547 e. The van der Waals surface area contributed by atoms with Crippen molar-refractivity contribution in [2.75, 3.05) is 45.9 Å².